The normalized spacial score (nSPS) is 14.2. The summed E-state index contributed by atoms with van der Waals surface area (Å²) in [4.78, 5) is 52.8. The summed E-state index contributed by atoms with van der Waals surface area (Å²) >= 11 is 0. The molecule has 1 fully saturated rings. The van der Waals surface area contributed by atoms with E-state index in [1.54, 1.807) is 24.3 Å². The van der Waals surface area contributed by atoms with Crippen LogP contribution in [0.3, 0.4) is 0 Å². The molecule has 210 valence electrons. The molecule has 1 atom stereocenters. The van der Waals surface area contributed by atoms with Crippen LogP contribution in [0.4, 0.5) is 16.2 Å². The molecule has 2 aromatic carbocycles. The molecule has 0 radical (unpaired) electrons. The number of carboxylic acids is 1. The largest absolute Gasteiger partial charge is 0.481 e. The van der Waals surface area contributed by atoms with Crippen LogP contribution in [-0.2, 0) is 25.5 Å². The van der Waals surface area contributed by atoms with Gasteiger partial charge in [0.05, 0.1) is 32.1 Å². The van der Waals surface area contributed by atoms with Crippen molar-refractivity contribution in [3.63, 3.8) is 0 Å². The minimum atomic E-state index is -0.999. The second kappa shape index (κ2) is 14.8. The first-order chi connectivity index (χ1) is 18.7. The fraction of sp³-hybridized carbons (Fsp3) is 0.429. The van der Waals surface area contributed by atoms with E-state index in [0.717, 1.165) is 29.9 Å². The number of morpholine rings is 1. The van der Waals surface area contributed by atoms with Gasteiger partial charge in [0.2, 0.25) is 11.8 Å². The van der Waals surface area contributed by atoms with E-state index in [2.05, 4.69) is 20.9 Å². The predicted octanol–water partition coefficient (Wildman–Crippen LogP) is 2.18. The van der Waals surface area contributed by atoms with Gasteiger partial charge in [0, 0.05) is 44.1 Å². The van der Waals surface area contributed by atoms with E-state index in [0.29, 0.717) is 32.0 Å². The number of benzene rings is 2. The van der Waals surface area contributed by atoms with E-state index in [-0.39, 0.29) is 31.4 Å². The Morgan fingerprint density at radius 3 is 2.38 bits per heavy atom. The first-order valence-corrected chi connectivity index (χ1v) is 13.0. The molecule has 3 rings (SSSR count). The van der Waals surface area contributed by atoms with E-state index in [1.165, 1.54) is 11.8 Å². The molecule has 0 spiro atoms. The Morgan fingerprint density at radius 2 is 1.72 bits per heavy atom. The van der Waals surface area contributed by atoms with Crippen LogP contribution in [-0.4, -0.2) is 91.2 Å². The zero-order valence-electron chi connectivity index (χ0n) is 22.4. The molecular weight excluding hydrogens is 502 g/mol. The number of para-hydroxylation sites is 1. The fourth-order valence-corrected chi connectivity index (χ4v) is 3.95. The van der Waals surface area contributed by atoms with Crippen molar-refractivity contribution in [1.29, 1.82) is 0 Å². The Morgan fingerprint density at radius 1 is 1.03 bits per heavy atom. The average Bonchev–Trinajstić information content (AvgIpc) is 2.92. The standard InChI is InChI=1S/C28H37N5O6/c1-20-5-3-4-6-24(20)31-28(38)30-23-9-7-22(8-10-23)17-26(35)33(12-11-32-13-15-39-16-14-32)19-25(34)29-18-21(2)27(36)37/h3-10,21H,11-19H2,1-2H3,(H,29,34)(H,36,37)(H2,30,31,38). The SMILES string of the molecule is Cc1ccccc1NC(=O)Nc1ccc(CC(=O)N(CCN2CCOCC2)CC(=O)NCC(C)C(=O)O)cc1. The summed E-state index contributed by atoms with van der Waals surface area (Å²) in [7, 11) is 0. The zero-order valence-corrected chi connectivity index (χ0v) is 22.4. The van der Waals surface area contributed by atoms with Crippen LogP contribution < -0.4 is 16.0 Å². The molecule has 1 aliphatic rings. The monoisotopic (exact) mass is 539 g/mol. The number of aliphatic carboxylic acids is 1. The van der Waals surface area contributed by atoms with Crippen molar-refractivity contribution in [2.24, 2.45) is 5.92 Å². The van der Waals surface area contributed by atoms with Gasteiger partial charge in [-0.3, -0.25) is 19.3 Å². The van der Waals surface area contributed by atoms with Crippen LogP contribution >= 0.6 is 0 Å². The number of hydrogen-bond acceptors (Lipinski definition) is 6. The second-order valence-electron chi connectivity index (χ2n) is 9.58. The second-order valence-corrected chi connectivity index (χ2v) is 9.58. The van der Waals surface area contributed by atoms with Gasteiger partial charge in [-0.25, -0.2) is 4.79 Å². The smallest absolute Gasteiger partial charge is 0.323 e. The lowest BCUT2D eigenvalue weighted by Gasteiger charge is -2.30. The minimum absolute atomic E-state index is 0.00839. The van der Waals surface area contributed by atoms with Crippen molar-refractivity contribution in [2.45, 2.75) is 20.3 Å². The van der Waals surface area contributed by atoms with Gasteiger partial charge in [-0.2, -0.15) is 0 Å². The van der Waals surface area contributed by atoms with E-state index in [4.69, 9.17) is 9.84 Å². The van der Waals surface area contributed by atoms with Crippen molar-refractivity contribution in [1.82, 2.24) is 15.1 Å². The highest BCUT2D eigenvalue weighted by atomic mass is 16.5. The summed E-state index contributed by atoms with van der Waals surface area (Å²) in [5.74, 6) is -2.35. The molecule has 1 heterocycles. The maximum atomic E-state index is 13.2. The molecule has 11 nitrogen and oxygen atoms in total. The van der Waals surface area contributed by atoms with E-state index >= 15 is 0 Å². The molecule has 11 heteroatoms. The van der Waals surface area contributed by atoms with Crippen molar-refractivity contribution in [2.75, 3.05) is 63.1 Å². The molecule has 39 heavy (non-hydrogen) atoms. The minimum Gasteiger partial charge on any atom is -0.481 e. The van der Waals surface area contributed by atoms with Crippen LogP contribution in [0.25, 0.3) is 0 Å². The topological polar surface area (TPSA) is 140 Å². The highest BCUT2D eigenvalue weighted by Crippen LogP contribution is 2.15. The summed E-state index contributed by atoms with van der Waals surface area (Å²) in [6.07, 6.45) is 0.0810. The number of ether oxygens (including phenoxy) is 1. The van der Waals surface area contributed by atoms with Crippen molar-refractivity contribution >= 4 is 35.2 Å². The van der Waals surface area contributed by atoms with Crippen LogP contribution in [0.5, 0.6) is 0 Å². The zero-order chi connectivity index (χ0) is 28.2. The summed E-state index contributed by atoms with van der Waals surface area (Å²) in [5.41, 5.74) is 2.98. The Hall–Kier alpha value is -3.96. The van der Waals surface area contributed by atoms with Gasteiger partial charge in [-0.05, 0) is 36.2 Å². The lowest BCUT2D eigenvalue weighted by Crippen LogP contribution is -2.47. The Kier molecular flexibility index (Phi) is 11.3. The molecular formula is C28H37N5O6. The number of nitrogens with zero attached hydrogens (tertiary/aromatic N) is 2. The maximum Gasteiger partial charge on any atom is 0.323 e. The van der Waals surface area contributed by atoms with Gasteiger partial charge in [0.25, 0.3) is 0 Å². The molecule has 0 aliphatic carbocycles. The van der Waals surface area contributed by atoms with Crippen molar-refractivity contribution in [3.05, 3.63) is 59.7 Å². The van der Waals surface area contributed by atoms with Crippen molar-refractivity contribution < 1.29 is 29.0 Å². The number of hydrogen-bond donors (Lipinski definition) is 4. The number of nitrogens with one attached hydrogen (secondary N) is 3. The molecule has 0 bridgehead atoms. The molecule has 4 N–H and O–H groups in total. The number of aryl methyl sites for hydroxylation is 1. The Balaban J connectivity index is 1.56. The third kappa shape index (κ3) is 10.0. The fourth-order valence-electron chi connectivity index (χ4n) is 3.95. The number of urea groups is 1. The Bertz CT molecular complexity index is 1130. The lowest BCUT2D eigenvalue weighted by molar-refractivity contribution is -0.141. The number of amides is 4. The van der Waals surface area contributed by atoms with Crippen LogP contribution in [0, 0.1) is 12.8 Å². The third-order valence-corrected chi connectivity index (χ3v) is 6.46. The van der Waals surface area contributed by atoms with Gasteiger partial charge in [-0.15, -0.1) is 0 Å². The summed E-state index contributed by atoms with van der Waals surface area (Å²) in [6.45, 7) is 6.99. The van der Waals surface area contributed by atoms with Gasteiger partial charge in [0.1, 0.15) is 0 Å². The molecule has 0 aromatic heterocycles. The average molecular weight is 540 g/mol. The molecule has 2 aromatic rings. The third-order valence-electron chi connectivity index (χ3n) is 6.46. The quantitative estimate of drug-likeness (QED) is 0.324. The number of anilines is 2. The molecule has 1 aliphatic heterocycles. The van der Waals surface area contributed by atoms with Crippen LogP contribution in [0.15, 0.2) is 48.5 Å². The summed E-state index contributed by atoms with van der Waals surface area (Å²) in [6, 6.07) is 14.1. The van der Waals surface area contributed by atoms with Crippen LogP contribution in [0.2, 0.25) is 0 Å². The van der Waals surface area contributed by atoms with E-state index in [9.17, 15) is 19.2 Å². The molecule has 1 saturated heterocycles. The van der Waals surface area contributed by atoms with Crippen molar-refractivity contribution in [3.8, 4) is 0 Å². The number of carbonyl (C=O) groups excluding carboxylic acids is 3. The van der Waals surface area contributed by atoms with Gasteiger partial charge in [0.15, 0.2) is 0 Å². The van der Waals surface area contributed by atoms with E-state index in [1.807, 2.05) is 31.2 Å². The highest BCUT2D eigenvalue weighted by Gasteiger charge is 2.21. The van der Waals surface area contributed by atoms with Gasteiger partial charge >= 0.3 is 12.0 Å². The predicted molar refractivity (Wildman–Crippen MR) is 148 cm³/mol. The summed E-state index contributed by atoms with van der Waals surface area (Å²) in [5, 5.41) is 17.2. The first kappa shape index (κ1) is 29.6. The number of carbonyl (C=O) groups is 4. The molecule has 0 saturated carbocycles. The highest BCUT2D eigenvalue weighted by molar-refractivity contribution is 6.00. The Labute approximate surface area is 228 Å². The number of carboxylic acid groups (broad SMARTS) is 1. The van der Waals surface area contributed by atoms with Gasteiger partial charge < -0.3 is 30.7 Å². The van der Waals surface area contributed by atoms with E-state index < -0.39 is 17.8 Å². The van der Waals surface area contributed by atoms with Gasteiger partial charge in [-0.1, -0.05) is 37.3 Å². The molecule has 1 unspecified atom stereocenters. The molecule has 4 amide bonds. The lowest BCUT2D eigenvalue weighted by atomic mass is 10.1. The number of rotatable bonds is 12. The van der Waals surface area contributed by atoms with Crippen LogP contribution in [0.1, 0.15) is 18.1 Å². The first-order valence-electron chi connectivity index (χ1n) is 13.0. The summed E-state index contributed by atoms with van der Waals surface area (Å²) < 4.78 is 5.38. The maximum absolute atomic E-state index is 13.2.